The van der Waals surface area contributed by atoms with Crippen molar-refractivity contribution in [2.75, 3.05) is 6.61 Å². The van der Waals surface area contributed by atoms with E-state index in [4.69, 9.17) is 16.3 Å². The average molecular weight is 456 g/mol. The van der Waals surface area contributed by atoms with E-state index in [0.29, 0.717) is 22.3 Å². The number of amides is 2. The van der Waals surface area contributed by atoms with Crippen molar-refractivity contribution in [3.8, 4) is 17.3 Å². The first kappa shape index (κ1) is 20.8. The van der Waals surface area contributed by atoms with E-state index >= 15 is 0 Å². The molecule has 4 rings (SSSR count). The number of fused-ring (bicyclic) bond motifs is 1. The fourth-order valence-corrected chi connectivity index (χ4v) is 3.62. The number of nitrogens with one attached hydrogen (secondary N) is 2. The van der Waals surface area contributed by atoms with E-state index in [1.54, 1.807) is 28.3 Å². The minimum Gasteiger partial charge on any atom is -0.484 e. The Morgan fingerprint density at radius 1 is 1.16 bits per heavy atom. The van der Waals surface area contributed by atoms with Crippen LogP contribution >= 0.6 is 22.9 Å². The molecule has 31 heavy (non-hydrogen) atoms. The number of aromatic nitrogens is 3. The first-order valence-corrected chi connectivity index (χ1v) is 10.6. The van der Waals surface area contributed by atoms with Crippen molar-refractivity contribution in [3.05, 3.63) is 63.9 Å². The Kier molecular flexibility index (Phi) is 6.15. The minimum absolute atomic E-state index is 0.0368. The molecule has 2 heterocycles. The number of benzene rings is 2. The third kappa shape index (κ3) is 4.84. The number of rotatable bonds is 6. The van der Waals surface area contributed by atoms with Crippen LogP contribution in [-0.4, -0.2) is 33.0 Å². The number of para-hydroxylation sites is 2. The number of imidazole rings is 1. The third-order valence-electron chi connectivity index (χ3n) is 4.46. The predicted octanol–water partition coefficient (Wildman–Crippen LogP) is 3.35. The number of nitrogens with zero attached hydrogens (tertiary/aromatic N) is 3. The first-order valence-electron chi connectivity index (χ1n) is 9.32. The number of halogens is 1. The lowest BCUT2D eigenvalue weighted by Gasteiger charge is -2.11. The molecule has 0 aliphatic rings. The highest BCUT2D eigenvalue weighted by atomic mass is 35.5. The molecule has 8 nitrogen and oxygen atoms in total. The molecule has 0 saturated carbocycles. The van der Waals surface area contributed by atoms with Crippen LogP contribution in [0.3, 0.4) is 0 Å². The zero-order valence-corrected chi connectivity index (χ0v) is 18.0. The normalized spacial score (nSPS) is 10.8. The molecule has 0 radical (unpaired) electrons. The summed E-state index contributed by atoms with van der Waals surface area (Å²) >= 11 is 7.42. The van der Waals surface area contributed by atoms with E-state index in [9.17, 15) is 9.59 Å². The summed E-state index contributed by atoms with van der Waals surface area (Å²) in [5, 5.41) is 2.49. The van der Waals surface area contributed by atoms with Gasteiger partial charge in [0.25, 0.3) is 11.8 Å². The molecule has 2 aromatic carbocycles. The number of aryl methyl sites for hydroxylation is 1. The maximum Gasteiger partial charge on any atom is 0.276 e. The van der Waals surface area contributed by atoms with Crippen LogP contribution in [0.25, 0.3) is 22.6 Å². The van der Waals surface area contributed by atoms with Crippen LogP contribution in [0.4, 0.5) is 0 Å². The van der Waals surface area contributed by atoms with E-state index in [1.165, 1.54) is 11.3 Å². The molecule has 2 aromatic heterocycles. The van der Waals surface area contributed by atoms with Crippen LogP contribution in [0.1, 0.15) is 5.56 Å². The van der Waals surface area contributed by atoms with E-state index in [1.807, 2.05) is 36.6 Å². The summed E-state index contributed by atoms with van der Waals surface area (Å²) in [7, 11) is 0. The minimum atomic E-state index is -0.490. The number of hydrogen-bond acceptors (Lipinski definition) is 6. The van der Waals surface area contributed by atoms with Gasteiger partial charge in [0.2, 0.25) is 0 Å². The van der Waals surface area contributed by atoms with E-state index in [-0.39, 0.29) is 13.2 Å². The zero-order valence-electron chi connectivity index (χ0n) is 16.5. The van der Waals surface area contributed by atoms with Gasteiger partial charge in [-0.15, -0.1) is 11.3 Å². The van der Waals surface area contributed by atoms with Gasteiger partial charge in [-0.05, 0) is 42.8 Å². The summed E-state index contributed by atoms with van der Waals surface area (Å²) in [4.78, 5) is 33.4. The molecule has 0 bridgehead atoms. The van der Waals surface area contributed by atoms with Gasteiger partial charge in [0.05, 0.1) is 16.5 Å². The zero-order chi connectivity index (χ0) is 21.8. The van der Waals surface area contributed by atoms with Crippen molar-refractivity contribution < 1.29 is 14.3 Å². The molecule has 0 atom stereocenters. The van der Waals surface area contributed by atoms with Gasteiger partial charge in [-0.3, -0.25) is 20.4 Å². The van der Waals surface area contributed by atoms with Crippen molar-refractivity contribution in [1.82, 2.24) is 25.4 Å². The quantitative estimate of drug-likeness (QED) is 0.434. The first-order chi connectivity index (χ1) is 15.0. The SMILES string of the molecule is Cc1cc(OCC(=O)NNC(=O)Cn2c(-c3cscn3)nc3ccccc32)ccc1Cl. The highest BCUT2D eigenvalue weighted by molar-refractivity contribution is 7.07. The fraction of sp³-hybridized carbons (Fsp3) is 0.143. The lowest BCUT2D eigenvalue weighted by molar-refractivity contribution is -0.130. The van der Waals surface area contributed by atoms with Gasteiger partial charge in [0.1, 0.15) is 18.0 Å². The monoisotopic (exact) mass is 455 g/mol. The molecule has 10 heteroatoms. The smallest absolute Gasteiger partial charge is 0.276 e. The Morgan fingerprint density at radius 3 is 2.74 bits per heavy atom. The van der Waals surface area contributed by atoms with E-state index < -0.39 is 11.8 Å². The maximum atomic E-state index is 12.5. The number of carbonyl (C=O) groups is 2. The van der Waals surface area contributed by atoms with Crippen LogP contribution in [0, 0.1) is 6.92 Å². The molecule has 2 N–H and O–H groups in total. The Bertz CT molecular complexity index is 1240. The average Bonchev–Trinajstić information content (AvgIpc) is 3.41. The summed E-state index contributed by atoms with van der Waals surface area (Å²) in [5.41, 5.74) is 9.56. The molecule has 4 aromatic rings. The van der Waals surface area contributed by atoms with Crippen molar-refractivity contribution in [2.24, 2.45) is 0 Å². The largest absolute Gasteiger partial charge is 0.484 e. The molecule has 0 saturated heterocycles. The lowest BCUT2D eigenvalue weighted by atomic mass is 10.2. The second-order valence-corrected chi connectivity index (χ2v) is 7.81. The number of carbonyl (C=O) groups excluding carboxylic acids is 2. The van der Waals surface area contributed by atoms with Crippen LogP contribution in [0.15, 0.2) is 53.4 Å². The molecule has 0 aliphatic heterocycles. The molecule has 0 unspecified atom stereocenters. The molecule has 0 spiro atoms. The fourth-order valence-electron chi connectivity index (χ4n) is 2.97. The number of hydrazine groups is 1. The Labute approximate surface area is 186 Å². The summed E-state index contributed by atoms with van der Waals surface area (Å²) < 4.78 is 7.19. The van der Waals surface area contributed by atoms with E-state index in [0.717, 1.165) is 16.6 Å². The van der Waals surface area contributed by atoms with Crippen molar-refractivity contribution in [1.29, 1.82) is 0 Å². The lowest BCUT2D eigenvalue weighted by Crippen LogP contribution is -2.45. The summed E-state index contributed by atoms with van der Waals surface area (Å²) in [6, 6.07) is 12.6. The third-order valence-corrected chi connectivity index (χ3v) is 5.47. The number of hydrogen-bond donors (Lipinski definition) is 2. The van der Waals surface area contributed by atoms with Gasteiger partial charge in [-0.25, -0.2) is 9.97 Å². The highest BCUT2D eigenvalue weighted by Crippen LogP contribution is 2.24. The molecule has 2 amide bonds. The standard InChI is InChI=1S/C21H18ClN5O3S/c1-13-8-14(6-7-15(13)22)30-10-20(29)26-25-19(28)9-27-18-5-3-2-4-16(18)24-21(27)17-11-31-12-23-17/h2-8,11-12H,9-10H2,1H3,(H,25,28)(H,26,29). The Balaban J connectivity index is 1.38. The summed E-state index contributed by atoms with van der Waals surface area (Å²) in [6.07, 6.45) is 0. The van der Waals surface area contributed by atoms with Gasteiger partial charge in [-0.1, -0.05) is 23.7 Å². The topological polar surface area (TPSA) is 98.1 Å². The van der Waals surface area contributed by atoms with Gasteiger partial charge >= 0.3 is 0 Å². The molecular formula is C21H18ClN5O3S. The number of thiazole rings is 1. The van der Waals surface area contributed by atoms with Gasteiger partial charge < -0.3 is 9.30 Å². The molecule has 0 fully saturated rings. The predicted molar refractivity (Wildman–Crippen MR) is 119 cm³/mol. The second-order valence-electron chi connectivity index (χ2n) is 6.68. The van der Waals surface area contributed by atoms with Crippen molar-refractivity contribution >= 4 is 45.8 Å². The Hall–Kier alpha value is -3.43. The molecule has 0 aliphatic carbocycles. The molecule has 158 valence electrons. The molecular weight excluding hydrogens is 438 g/mol. The van der Waals surface area contributed by atoms with Crippen LogP contribution in [0.2, 0.25) is 5.02 Å². The van der Waals surface area contributed by atoms with Gasteiger partial charge in [0.15, 0.2) is 12.4 Å². The number of ether oxygens (including phenoxy) is 1. The van der Waals surface area contributed by atoms with Crippen molar-refractivity contribution in [2.45, 2.75) is 13.5 Å². The highest BCUT2D eigenvalue weighted by Gasteiger charge is 2.16. The summed E-state index contributed by atoms with van der Waals surface area (Å²) in [5.74, 6) is 0.207. The second kappa shape index (κ2) is 9.15. The summed E-state index contributed by atoms with van der Waals surface area (Å²) in [6.45, 7) is 1.56. The maximum absolute atomic E-state index is 12.5. The van der Waals surface area contributed by atoms with Crippen molar-refractivity contribution in [3.63, 3.8) is 0 Å². The van der Waals surface area contributed by atoms with Crippen LogP contribution < -0.4 is 15.6 Å². The van der Waals surface area contributed by atoms with E-state index in [2.05, 4.69) is 20.8 Å². The van der Waals surface area contributed by atoms with Crippen LogP contribution in [-0.2, 0) is 16.1 Å². The van der Waals surface area contributed by atoms with Gasteiger partial charge in [-0.2, -0.15) is 0 Å². The Morgan fingerprint density at radius 2 is 1.97 bits per heavy atom. The van der Waals surface area contributed by atoms with Gasteiger partial charge in [0, 0.05) is 10.4 Å². The van der Waals surface area contributed by atoms with Crippen LogP contribution in [0.5, 0.6) is 5.75 Å².